The van der Waals surface area contributed by atoms with Crippen LogP contribution in [0.3, 0.4) is 0 Å². The molecular weight excluding hydrogens is 346 g/mol. The highest BCUT2D eigenvalue weighted by molar-refractivity contribution is 5.77. The average molecular weight is 393 g/mol. The molecule has 0 radical (unpaired) electrons. The topological polar surface area (TPSA) is 41.5 Å². The number of aliphatic imine (C=N–C) groups is 1. The van der Waals surface area contributed by atoms with E-state index in [9.17, 15) is 4.79 Å². The van der Waals surface area contributed by atoms with Crippen LogP contribution in [0.5, 0.6) is 0 Å². The van der Waals surface area contributed by atoms with Gasteiger partial charge < -0.3 is 5.32 Å². The highest BCUT2D eigenvalue weighted by Crippen LogP contribution is 2.20. The van der Waals surface area contributed by atoms with Crippen molar-refractivity contribution in [3.05, 3.63) is 12.2 Å². The first-order valence-electron chi connectivity index (χ1n) is 11.9. The van der Waals surface area contributed by atoms with Gasteiger partial charge in [-0.25, -0.2) is 4.99 Å². The maximum absolute atomic E-state index is 11.1. The maximum atomic E-state index is 11.1. The number of likely N-dealkylation sites (N-methyl/N-ethyl adjacent to an activating group) is 1. The zero-order valence-corrected chi connectivity index (χ0v) is 19.0. The Morgan fingerprint density at radius 3 is 2.29 bits per heavy atom. The van der Waals surface area contributed by atoms with Gasteiger partial charge in [0.25, 0.3) is 0 Å². The first-order valence-corrected chi connectivity index (χ1v) is 11.9. The van der Waals surface area contributed by atoms with Gasteiger partial charge >= 0.3 is 0 Å². The molecule has 162 valence electrons. The van der Waals surface area contributed by atoms with Crippen LogP contribution in [-0.4, -0.2) is 48.9 Å². The Balaban J connectivity index is 2.07. The summed E-state index contributed by atoms with van der Waals surface area (Å²) in [5, 5.41) is 2.96. The molecule has 28 heavy (non-hydrogen) atoms. The number of allylic oxidation sites excluding steroid dienone is 2. The molecule has 0 bridgehead atoms. The van der Waals surface area contributed by atoms with Crippen LogP contribution in [0.4, 0.5) is 0 Å². The van der Waals surface area contributed by atoms with E-state index in [1.54, 1.807) is 6.92 Å². The van der Waals surface area contributed by atoms with Crippen LogP contribution in [0, 0.1) is 0 Å². The zero-order valence-electron chi connectivity index (χ0n) is 19.0. The molecule has 1 N–H and O–H groups in total. The molecule has 1 aliphatic heterocycles. The molecule has 1 aliphatic rings. The number of rotatable bonds is 17. The van der Waals surface area contributed by atoms with Crippen molar-refractivity contribution in [2.45, 2.75) is 97.8 Å². The molecule has 0 spiro atoms. The van der Waals surface area contributed by atoms with Crippen LogP contribution >= 0.6 is 0 Å². The molecule has 0 fully saturated rings. The molecule has 1 rings (SSSR count). The molecule has 1 atom stereocenters. The summed E-state index contributed by atoms with van der Waals surface area (Å²) in [5.41, 5.74) is 0. The van der Waals surface area contributed by atoms with Gasteiger partial charge in [-0.2, -0.15) is 0 Å². The number of quaternary nitrogens is 1. The lowest BCUT2D eigenvalue weighted by Crippen LogP contribution is -2.54. The molecule has 4 heteroatoms. The molecule has 0 saturated heterocycles. The van der Waals surface area contributed by atoms with Crippen LogP contribution in [0.1, 0.15) is 97.8 Å². The van der Waals surface area contributed by atoms with Crippen molar-refractivity contribution in [2.24, 2.45) is 4.99 Å². The minimum absolute atomic E-state index is 0.0689. The number of nitrogens with one attached hydrogen (secondary N) is 1. The highest BCUT2D eigenvalue weighted by Gasteiger charge is 2.35. The second kappa shape index (κ2) is 15.7. The van der Waals surface area contributed by atoms with E-state index < -0.39 is 0 Å². The summed E-state index contributed by atoms with van der Waals surface area (Å²) in [7, 11) is 0. The predicted octanol–water partition coefficient (Wildman–Crippen LogP) is 5.63. The smallest absolute Gasteiger partial charge is 0.217 e. The Labute approximate surface area is 174 Å². The van der Waals surface area contributed by atoms with Gasteiger partial charge in [-0.1, -0.05) is 64.0 Å². The zero-order chi connectivity index (χ0) is 20.5. The average Bonchev–Trinajstić information content (AvgIpc) is 3.08. The summed E-state index contributed by atoms with van der Waals surface area (Å²) in [6.07, 6.45) is 20.5. The van der Waals surface area contributed by atoms with Gasteiger partial charge in [0, 0.05) is 13.3 Å². The molecule has 1 heterocycles. The summed E-state index contributed by atoms with van der Waals surface area (Å²) in [4.78, 5) is 16.0. The van der Waals surface area contributed by atoms with Crippen LogP contribution in [0.15, 0.2) is 17.1 Å². The molecule has 0 aromatic carbocycles. The SMILES string of the molecule is CCCC/C=C/CCCCCCCCCC1=NCC[N+]1(CC)CCNC(C)=O. The van der Waals surface area contributed by atoms with Crippen molar-refractivity contribution in [1.29, 1.82) is 0 Å². The Hall–Kier alpha value is -1.16. The molecule has 0 aliphatic carbocycles. The van der Waals surface area contributed by atoms with E-state index >= 15 is 0 Å². The van der Waals surface area contributed by atoms with Gasteiger partial charge in [-0.15, -0.1) is 0 Å². The normalized spacial score (nSPS) is 19.3. The summed E-state index contributed by atoms with van der Waals surface area (Å²) in [5.74, 6) is 1.45. The van der Waals surface area contributed by atoms with E-state index in [0.717, 1.165) is 43.6 Å². The first-order chi connectivity index (χ1) is 13.6. The minimum Gasteiger partial charge on any atom is -0.351 e. The molecule has 0 saturated carbocycles. The van der Waals surface area contributed by atoms with E-state index in [-0.39, 0.29) is 5.91 Å². The monoisotopic (exact) mass is 392 g/mol. The number of nitrogens with zero attached hydrogens (tertiary/aromatic N) is 2. The molecule has 0 aromatic heterocycles. The van der Waals surface area contributed by atoms with E-state index in [4.69, 9.17) is 4.99 Å². The van der Waals surface area contributed by atoms with Gasteiger partial charge in [0.1, 0.15) is 13.1 Å². The molecule has 1 unspecified atom stereocenters. The summed E-state index contributed by atoms with van der Waals surface area (Å²) >= 11 is 0. The fourth-order valence-electron chi connectivity index (χ4n) is 4.14. The second-order valence-corrected chi connectivity index (χ2v) is 8.32. The number of hydrogen-bond acceptors (Lipinski definition) is 2. The number of hydrogen-bond donors (Lipinski definition) is 1. The molecule has 0 aromatic rings. The van der Waals surface area contributed by atoms with E-state index in [0.29, 0.717) is 0 Å². The van der Waals surface area contributed by atoms with Crippen molar-refractivity contribution in [3.8, 4) is 0 Å². The van der Waals surface area contributed by atoms with Gasteiger partial charge in [0.15, 0.2) is 5.84 Å². The molecule has 4 nitrogen and oxygen atoms in total. The summed E-state index contributed by atoms with van der Waals surface area (Å²) < 4.78 is 0.992. The molecule has 1 amide bonds. The number of amidine groups is 1. The highest BCUT2D eigenvalue weighted by atomic mass is 16.1. The Morgan fingerprint density at radius 1 is 1.00 bits per heavy atom. The van der Waals surface area contributed by atoms with Crippen molar-refractivity contribution >= 4 is 11.7 Å². The van der Waals surface area contributed by atoms with E-state index in [2.05, 4.69) is 31.3 Å². The fourth-order valence-corrected chi connectivity index (χ4v) is 4.14. The van der Waals surface area contributed by atoms with Gasteiger partial charge in [-0.05, 0) is 32.6 Å². The largest absolute Gasteiger partial charge is 0.351 e. The quantitative estimate of drug-likeness (QED) is 0.195. The lowest BCUT2D eigenvalue weighted by Gasteiger charge is -2.33. The Kier molecular flexibility index (Phi) is 14.0. The van der Waals surface area contributed by atoms with Crippen molar-refractivity contribution in [1.82, 2.24) is 5.32 Å². The van der Waals surface area contributed by atoms with Gasteiger partial charge in [-0.3, -0.25) is 9.28 Å². The first kappa shape index (κ1) is 24.9. The van der Waals surface area contributed by atoms with Crippen molar-refractivity contribution in [2.75, 3.05) is 32.7 Å². The summed E-state index contributed by atoms with van der Waals surface area (Å²) in [6.45, 7) is 11.0. The van der Waals surface area contributed by atoms with Gasteiger partial charge in [0.2, 0.25) is 5.91 Å². The molecular formula is C24H46N3O+. The third-order valence-electron chi connectivity index (χ3n) is 6.05. The maximum Gasteiger partial charge on any atom is 0.217 e. The van der Waals surface area contributed by atoms with Crippen molar-refractivity contribution in [3.63, 3.8) is 0 Å². The van der Waals surface area contributed by atoms with Gasteiger partial charge in [0.05, 0.1) is 19.6 Å². The van der Waals surface area contributed by atoms with E-state index in [1.807, 2.05) is 0 Å². The Morgan fingerprint density at radius 2 is 1.64 bits per heavy atom. The lowest BCUT2D eigenvalue weighted by molar-refractivity contribution is -0.833. The van der Waals surface area contributed by atoms with Crippen LogP contribution in [0.25, 0.3) is 0 Å². The van der Waals surface area contributed by atoms with Crippen LogP contribution < -0.4 is 5.32 Å². The predicted molar refractivity (Wildman–Crippen MR) is 122 cm³/mol. The Bertz CT molecular complexity index is 472. The fraction of sp³-hybridized carbons (Fsp3) is 0.833. The van der Waals surface area contributed by atoms with Crippen LogP contribution in [-0.2, 0) is 4.79 Å². The number of unbranched alkanes of at least 4 members (excludes halogenated alkanes) is 9. The van der Waals surface area contributed by atoms with Crippen molar-refractivity contribution < 1.29 is 9.28 Å². The lowest BCUT2D eigenvalue weighted by atomic mass is 10.1. The van der Waals surface area contributed by atoms with E-state index in [1.165, 1.54) is 76.5 Å². The number of carbonyl (C=O) groups excluding carboxylic acids is 1. The minimum atomic E-state index is 0.0689. The van der Waals surface area contributed by atoms with Crippen LogP contribution in [0.2, 0.25) is 0 Å². The summed E-state index contributed by atoms with van der Waals surface area (Å²) in [6, 6.07) is 0. The number of carbonyl (C=O) groups is 1. The third kappa shape index (κ3) is 10.4. The second-order valence-electron chi connectivity index (χ2n) is 8.32. The third-order valence-corrected chi connectivity index (χ3v) is 6.05. The number of amides is 1. The standard InChI is InChI=1S/C24H45N3O/c1-4-6-7-8-9-10-11-12-13-14-15-16-17-18-24-26-20-22-27(24,5-2)21-19-25-23(3)28/h8-9H,4-7,10-22H2,1-3H3/p+1/b9-8+.